The first-order chi connectivity index (χ1) is 22.0. The molecule has 0 bridgehead atoms. The average molecular weight is 606 g/mol. The lowest BCUT2D eigenvalue weighted by Gasteiger charge is -2.32. The lowest BCUT2D eigenvalue weighted by molar-refractivity contribution is -0.384. The molecule has 2 heterocycles. The largest absolute Gasteiger partial charge is 0.426 e. The van der Waals surface area contributed by atoms with Crippen molar-refractivity contribution >= 4 is 11.5 Å². The van der Waals surface area contributed by atoms with Gasteiger partial charge in [-0.15, -0.1) is 23.4 Å². The van der Waals surface area contributed by atoms with Gasteiger partial charge < -0.3 is 14.5 Å². The summed E-state index contributed by atoms with van der Waals surface area (Å²) in [6.07, 6.45) is -11.0. The number of ether oxygens (including phenoxy) is 1. The Morgan fingerprint density at radius 1 is 1.12 bits per heavy atom. The van der Waals surface area contributed by atoms with E-state index in [2.05, 4.69) is 28.3 Å². The number of benzene rings is 1. The van der Waals surface area contributed by atoms with E-state index in [9.17, 15) is 36.5 Å². The minimum absolute atomic E-state index is 0.118. The molecule has 15 heteroatoms. The van der Waals surface area contributed by atoms with Crippen LogP contribution >= 0.6 is 0 Å². The highest BCUT2D eigenvalue weighted by Gasteiger charge is 2.61. The van der Waals surface area contributed by atoms with E-state index in [-0.39, 0.29) is 12.5 Å². The van der Waals surface area contributed by atoms with E-state index in [1.807, 2.05) is 0 Å². The minimum Gasteiger partial charge on any atom is -0.415 e. The van der Waals surface area contributed by atoms with Gasteiger partial charge in [0.05, 0.1) is 11.5 Å². The van der Waals surface area contributed by atoms with Crippen LogP contribution in [0, 0.1) is 10.1 Å². The molecule has 0 radical (unpaired) electrons. The zero-order valence-electron chi connectivity index (χ0n) is 27.6. The highest BCUT2D eigenvalue weighted by atomic mass is 19.4. The Morgan fingerprint density at radius 2 is 1.81 bits per heavy atom. The van der Waals surface area contributed by atoms with Crippen LogP contribution in [0.4, 0.5) is 37.8 Å². The van der Waals surface area contributed by atoms with Gasteiger partial charge in [0.25, 0.3) is 11.8 Å². The second kappa shape index (κ2) is 12.3. The van der Waals surface area contributed by atoms with Gasteiger partial charge in [-0.25, -0.2) is 4.98 Å². The minimum atomic E-state index is -5.50. The molecule has 0 aliphatic carbocycles. The molecule has 0 fully saturated rings. The SMILES string of the molecule is [2H]C([2H])([2H])C(CC=C)(Nc1nc(-c2nnc([C@@](CCC=C)(OCc3ccccc3)C(F)(F)F)o2)c([N+](=O)[O-])cc1C(F)(F)F)C([2H])([2H])[2H]. The van der Waals surface area contributed by atoms with Crippen molar-refractivity contribution in [2.45, 2.75) is 63.1 Å². The summed E-state index contributed by atoms with van der Waals surface area (Å²) in [5.41, 5.74) is -10.9. The summed E-state index contributed by atoms with van der Waals surface area (Å²) in [4.78, 5) is 14.1. The topological polar surface area (TPSA) is 116 Å². The molecule has 3 aromatic rings. The normalized spacial score (nSPS) is 16.5. The van der Waals surface area contributed by atoms with E-state index in [0.717, 1.165) is 12.2 Å². The number of nitrogens with one attached hydrogen (secondary N) is 1. The Bertz CT molecular complexity index is 1620. The third kappa shape index (κ3) is 7.13. The maximum Gasteiger partial charge on any atom is 0.426 e. The first kappa shape index (κ1) is 24.3. The van der Waals surface area contributed by atoms with Crippen LogP contribution in [0.15, 0.2) is 66.1 Å². The second-order valence-corrected chi connectivity index (χ2v) is 8.87. The molecule has 0 spiro atoms. The van der Waals surface area contributed by atoms with E-state index in [1.165, 1.54) is 24.3 Å². The van der Waals surface area contributed by atoms with E-state index in [0.29, 0.717) is 5.56 Å². The monoisotopic (exact) mass is 605 g/mol. The van der Waals surface area contributed by atoms with Crippen LogP contribution < -0.4 is 5.32 Å². The third-order valence-corrected chi connectivity index (χ3v) is 5.75. The number of halogens is 6. The van der Waals surface area contributed by atoms with Crippen LogP contribution in [0.5, 0.6) is 0 Å². The Hall–Kier alpha value is -4.27. The number of aromatic nitrogens is 3. The summed E-state index contributed by atoms with van der Waals surface area (Å²) < 4.78 is 145. The molecule has 0 aliphatic rings. The molecular weight excluding hydrogens is 572 g/mol. The van der Waals surface area contributed by atoms with Crippen molar-refractivity contribution in [2.24, 2.45) is 0 Å². The number of pyridine rings is 1. The van der Waals surface area contributed by atoms with Gasteiger partial charge in [0, 0.05) is 19.8 Å². The summed E-state index contributed by atoms with van der Waals surface area (Å²) in [5.74, 6) is -4.02. The number of nitrogens with zero attached hydrogens (tertiary/aromatic N) is 4. The van der Waals surface area contributed by atoms with Crippen LogP contribution in [0.2, 0.25) is 0 Å². The molecular formula is C27H27F6N5O4. The molecule has 226 valence electrons. The quantitative estimate of drug-likeness (QED) is 0.0909. The molecule has 0 aliphatic heterocycles. The fraction of sp³-hybridized carbons (Fsp3) is 0.370. The molecule has 9 nitrogen and oxygen atoms in total. The van der Waals surface area contributed by atoms with Gasteiger partial charge in [-0.3, -0.25) is 10.1 Å². The fourth-order valence-electron chi connectivity index (χ4n) is 3.73. The zero-order chi connectivity index (χ0) is 36.3. The highest BCUT2D eigenvalue weighted by Crippen LogP contribution is 2.47. The molecule has 1 atom stereocenters. The van der Waals surface area contributed by atoms with Gasteiger partial charge in [0.15, 0.2) is 0 Å². The summed E-state index contributed by atoms with van der Waals surface area (Å²) in [5, 5.41) is 20.5. The first-order valence-corrected chi connectivity index (χ1v) is 11.9. The molecule has 0 amide bonds. The number of allylic oxidation sites excluding steroid dienone is 1. The molecule has 0 unspecified atom stereocenters. The fourth-order valence-corrected chi connectivity index (χ4v) is 3.73. The van der Waals surface area contributed by atoms with Gasteiger partial charge in [0.2, 0.25) is 11.3 Å². The lowest BCUT2D eigenvalue weighted by atomic mass is 9.96. The zero-order valence-corrected chi connectivity index (χ0v) is 21.6. The predicted octanol–water partition coefficient (Wildman–Crippen LogP) is 7.77. The van der Waals surface area contributed by atoms with Crippen LogP contribution in [-0.2, 0) is 23.1 Å². The lowest BCUT2D eigenvalue weighted by Crippen LogP contribution is -2.45. The van der Waals surface area contributed by atoms with Crippen LogP contribution in [0.25, 0.3) is 11.6 Å². The average Bonchev–Trinajstić information content (AvgIpc) is 3.45. The van der Waals surface area contributed by atoms with Gasteiger partial charge in [-0.1, -0.05) is 42.5 Å². The Kier molecular flexibility index (Phi) is 7.13. The Morgan fingerprint density at radius 3 is 2.36 bits per heavy atom. The van der Waals surface area contributed by atoms with Gasteiger partial charge in [-0.05, 0) is 38.5 Å². The van der Waals surface area contributed by atoms with Crippen molar-refractivity contribution in [3.8, 4) is 11.6 Å². The van der Waals surface area contributed by atoms with Crippen molar-refractivity contribution in [1.82, 2.24) is 15.2 Å². The number of anilines is 1. The van der Waals surface area contributed by atoms with Gasteiger partial charge in [-0.2, -0.15) is 26.3 Å². The maximum absolute atomic E-state index is 14.8. The molecule has 1 N–H and O–H groups in total. The number of rotatable bonds is 13. The summed E-state index contributed by atoms with van der Waals surface area (Å²) in [6, 6.07) is 7.48. The third-order valence-electron chi connectivity index (χ3n) is 5.75. The van der Waals surface area contributed by atoms with E-state index < -0.39 is 96.1 Å². The number of hydrogen-bond donors (Lipinski definition) is 1. The molecule has 3 rings (SSSR count). The number of nitro groups is 1. The van der Waals surface area contributed by atoms with Gasteiger partial charge >= 0.3 is 18.0 Å². The van der Waals surface area contributed by atoms with Crippen molar-refractivity contribution in [1.29, 1.82) is 0 Å². The predicted molar refractivity (Wildman–Crippen MR) is 140 cm³/mol. The summed E-state index contributed by atoms with van der Waals surface area (Å²) in [7, 11) is 0. The van der Waals surface area contributed by atoms with Crippen molar-refractivity contribution in [3.05, 3.63) is 88.8 Å². The molecule has 1 aromatic carbocycles. The first-order valence-electron chi connectivity index (χ1n) is 14.9. The second-order valence-electron chi connectivity index (χ2n) is 8.87. The number of alkyl halides is 6. The molecule has 0 saturated carbocycles. The van der Waals surface area contributed by atoms with Crippen molar-refractivity contribution in [2.75, 3.05) is 5.32 Å². The maximum atomic E-state index is 14.8. The summed E-state index contributed by atoms with van der Waals surface area (Å²) in [6.45, 7) is -1.10. The molecule has 2 aromatic heterocycles. The van der Waals surface area contributed by atoms with Gasteiger partial charge in [0.1, 0.15) is 11.4 Å². The van der Waals surface area contributed by atoms with Crippen LogP contribution in [-0.4, -0.2) is 31.8 Å². The standard InChI is InChI=1S/C27H27F6N5O4/c1-5-7-14-25(27(31,32)33,41-16-17-11-9-8-10-12-17)23-37-36-22(42-23)20-19(38(39)40)15-18(26(28,29)30)21(34-20)35-24(3,4)13-6-2/h5-6,8-12,15H,1-2,7,13-14,16H2,3-4H3,(H,34,35)/t25-/m1/s1/i3D3,4D3. The Labute approximate surface area is 244 Å². The molecule has 42 heavy (non-hydrogen) atoms. The van der Waals surface area contributed by atoms with Crippen LogP contribution in [0.1, 0.15) is 58.2 Å². The number of hydrogen-bond acceptors (Lipinski definition) is 8. The van der Waals surface area contributed by atoms with Crippen molar-refractivity contribution < 1.29 is 48.6 Å². The van der Waals surface area contributed by atoms with E-state index >= 15 is 0 Å². The smallest absolute Gasteiger partial charge is 0.415 e. The summed E-state index contributed by atoms with van der Waals surface area (Å²) >= 11 is 0. The van der Waals surface area contributed by atoms with E-state index in [4.69, 9.17) is 17.4 Å². The molecule has 0 saturated heterocycles. The van der Waals surface area contributed by atoms with E-state index in [1.54, 1.807) is 11.4 Å². The highest BCUT2D eigenvalue weighted by molar-refractivity contribution is 5.68. The van der Waals surface area contributed by atoms with Crippen molar-refractivity contribution in [3.63, 3.8) is 0 Å². The van der Waals surface area contributed by atoms with Crippen LogP contribution in [0.3, 0.4) is 0 Å². The Balaban J connectivity index is 2.33.